The van der Waals surface area contributed by atoms with Gasteiger partial charge < -0.3 is 10.1 Å². The van der Waals surface area contributed by atoms with Crippen molar-refractivity contribution in [2.24, 2.45) is 0 Å². The van der Waals surface area contributed by atoms with Gasteiger partial charge >= 0.3 is 0 Å². The van der Waals surface area contributed by atoms with Crippen molar-refractivity contribution in [1.82, 2.24) is 9.97 Å². The Labute approximate surface area is 158 Å². The molecule has 8 heteroatoms. The first-order valence-electron chi connectivity index (χ1n) is 7.25. The number of hydrogen-bond acceptors (Lipinski definition) is 5. The average molecular weight is 394 g/mol. The summed E-state index contributed by atoms with van der Waals surface area (Å²) < 4.78 is 4.98. The lowest BCUT2D eigenvalue weighted by molar-refractivity contribution is 0.102. The van der Waals surface area contributed by atoms with E-state index in [0.29, 0.717) is 33.7 Å². The van der Waals surface area contributed by atoms with Gasteiger partial charge in [0.15, 0.2) is 0 Å². The van der Waals surface area contributed by atoms with Crippen molar-refractivity contribution in [2.75, 3.05) is 12.4 Å². The number of methoxy groups -OCH3 is 1. The molecule has 25 heavy (non-hydrogen) atoms. The largest absolute Gasteiger partial charge is 0.481 e. The molecule has 3 rings (SSSR count). The molecule has 0 fully saturated rings. The summed E-state index contributed by atoms with van der Waals surface area (Å²) in [6.45, 7) is 0. The molecule has 0 unspecified atom stereocenters. The minimum absolute atomic E-state index is 0.306. The van der Waals surface area contributed by atoms with Gasteiger partial charge in [0.05, 0.1) is 24.0 Å². The molecule has 5 nitrogen and oxygen atoms in total. The lowest BCUT2D eigenvalue weighted by Gasteiger charge is -2.05. The number of ether oxygens (including phenoxy) is 1. The molecule has 0 saturated heterocycles. The zero-order valence-corrected chi connectivity index (χ0v) is 15.5. The lowest BCUT2D eigenvalue weighted by Crippen LogP contribution is -2.12. The van der Waals surface area contributed by atoms with Crippen molar-refractivity contribution < 1.29 is 9.53 Å². The van der Waals surface area contributed by atoms with E-state index in [1.165, 1.54) is 24.6 Å². The summed E-state index contributed by atoms with van der Waals surface area (Å²) in [6, 6.07) is 8.72. The predicted octanol–water partition coefficient (Wildman–Crippen LogP) is 4.70. The van der Waals surface area contributed by atoms with Gasteiger partial charge in [-0.2, -0.15) is 0 Å². The highest BCUT2D eigenvalue weighted by Gasteiger charge is 2.14. The summed E-state index contributed by atoms with van der Waals surface area (Å²) in [4.78, 5) is 20.7. The van der Waals surface area contributed by atoms with E-state index in [2.05, 4.69) is 15.3 Å². The predicted molar refractivity (Wildman–Crippen MR) is 100 cm³/mol. The summed E-state index contributed by atoms with van der Waals surface area (Å²) in [7, 11) is 1.53. The first-order valence-corrected chi connectivity index (χ1v) is 8.89. The molecule has 0 saturated carbocycles. The third-order valence-electron chi connectivity index (χ3n) is 3.38. The molecule has 128 valence electrons. The fourth-order valence-corrected chi connectivity index (χ4v) is 3.44. The normalized spacial score (nSPS) is 10.5. The first-order chi connectivity index (χ1) is 12.1. The number of nitrogens with one attached hydrogen (secondary N) is 1. The van der Waals surface area contributed by atoms with Crippen LogP contribution in [0.1, 0.15) is 21.1 Å². The maximum Gasteiger partial charge on any atom is 0.275 e. The van der Waals surface area contributed by atoms with E-state index in [0.717, 1.165) is 10.6 Å². The standard InChI is InChI=1S/C17H13Cl2N3O2S/c1-24-15-6-5-10(8-20-15)21-17(23)14-9-25-16(22-14)7-11-12(18)3-2-4-13(11)19/h2-6,8-9H,7H2,1H3,(H,21,23). The number of amides is 1. The lowest BCUT2D eigenvalue weighted by atomic mass is 10.1. The second-order valence-electron chi connectivity index (χ2n) is 5.05. The average Bonchev–Trinajstić information content (AvgIpc) is 3.08. The summed E-state index contributed by atoms with van der Waals surface area (Å²) in [5.74, 6) is 0.172. The summed E-state index contributed by atoms with van der Waals surface area (Å²) in [6.07, 6.45) is 1.99. The van der Waals surface area contributed by atoms with Gasteiger partial charge in [-0.25, -0.2) is 9.97 Å². The van der Waals surface area contributed by atoms with E-state index >= 15 is 0 Å². The van der Waals surface area contributed by atoms with Crippen LogP contribution >= 0.6 is 34.5 Å². The Hall–Kier alpha value is -2.15. The molecule has 1 N–H and O–H groups in total. The Morgan fingerprint density at radius 1 is 1.24 bits per heavy atom. The van der Waals surface area contributed by atoms with Crippen LogP contribution in [0.5, 0.6) is 5.88 Å². The Bertz CT molecular complexity index is 877. The van der Waals surface area contributed by atoms with Gasteiger partial charge in [0.25, 0.3) is 5.91 Å². The highest BCUT2D eigenvalue weighted by atomic mass is 35.5. The van der Waals surface area contributed by atoms with Crippen molar-refractivity contribution in [3.05, 3.63) is 68.2 Å². The van der Waals surface area contributed by atoms with Gasteiger partial charge in [0, 0.05) is 27.9 Å². The van der Waals surface area contributed by atoms with Crippen molar-refractivity contribution in [2.45, 2.75) is 6.42 Å². The topological polar surface area (TPSA) is 64.1 Å². The van der Waals surface area contributed by atoms with E-state index in [1.54, 1.807) is 35.7 Å². The van der Waals surface area contributed by atoms with Gasteiger partial charge in [-0.05, 0) is 23.8 Å². The Balaban J connectivity index is 1.71. The number of anilines is 1. The van der Waals surface area contributed by atoms with Gasteiger partial charge in [0.1, 0.15) is 5.69 Å². The molecular formula is C17H13Cl2N3O2S. The van der Waals surface area contributed by atoms with Crippen molar-refractivity contribution in [1.29, 1.82) is 0 Å². The molecule has 0 radical (unpaired) electrons. The zero-order chi connectivity index (χ0) is 17.8. The molecule has 1 amide bonds. The van der Waals surface area contributed by atoms with Crippen LogP contribution in [0.3, 0.4) is 0 Å². The number of thiazole rings is 1. The second-order valence-corrected chi connectivity index (χ2v) is 6.80. The van der Waals surface area contributed by atoms with E-state index in [-0.39, 0.29) is 5.91 Å². The molecule has 1 aromatic carbocycles. The highest BCUT2D eigenvalue weighted by molar-refractivity contribution is 7.09. The van der Waals surface area contributed by atoms with Gasteiger partial charge in [-0.3, -0.25) is 4.79 Å². The maximum absolute atomic E-state index is 12.3. The van der Waals surface area contributed by atoms with Crippen LogP contribution in [-0.2, 0) is 6.42 Å². The Morgan fingerprint density at radius 3 is 2.64 bits per heavy atom. The molecule has 0 atom stereocenters. The van der Waals surface area contributed by atoms with E-state index in [4.69, 9.17) is 27.9 Å². The maximum atomic E-state index is 12.3. The zero-order valence-electron chi connectivity index (χ0n) is 13.1. The van der Waals surface area contributed by atoms with Crippen molar-refractivity contribution >= 4 is 46.1 Å². The smallest absolute Gasteiger partial charge is 0.275 e. The Morgan fingerprint density at radius 2 is 2.00 bits per heavy atom. The summed E-state index contributed by atoms with van der Waals surface area (Å²) in [5, 5.41) is 6.37. The number of nitrogens with zero attached hydrogens (tertiary/aromatic N) is 2. The van der Waals surface area contributed by atoms with E-state index in [1.807, 2.05) is 0 Å². The van der Waals surface area contributed by atoms with Crippen LogP contribution in [-0.4, -0.2) is 23.0 Å². The van der Waals surface area contributed by atoms with Crippen LogP contribution in [0.25, 0.3) is 0 Å². The van der Waals surface area contributed by atoms with Gasteiger partial charge in [-0.1, -0.05) is 29.3 Å². The number of carbonyl (C=O) groups is 1. The summed E-state index contributed by atoms with van der Waals surface area (Å²) in [5.41, 5.74) is 1.69. The van der Waals surface area contributed by atoms with Crippen LogP contribution in [0.15, 0.2) is 41.9 Å². The Kier molecular flexibility index (Phi) is 5.53. The molecule has 2 heterocycles. The van der Waals surface area contributed by atoms with Crippen molar-refractivity contribution in [3.63, 3.8) is 0 Å². The van der Waals surface area contributed by atoms with Gasteiger partial charge in [0.2, 0.25) is 5.88 Å². The fourth-order valence-electron chi connectivity index (χ4n) is 2.12. The first kappa shape index (κ1) is 17.7. The number of aromatic nitrogens is 2. The monoisotopic (exact) mass is 393 g/mol. The van der Waals surface area contributed by atoms with Crippen LogP contribution < -0.4 is 10.1 Å². The number of hydrogen-bond donors (Lipinski definition) is 1. The molecule has 2 aromatic heterocycles. The minimum atomic E-state index is -0.306. The molecule has 0 aliphatic carbocycles. The van der Waals surface area contributed by atoms with E-state index < -0.39 is 0 Å². The minimum Gasteiger partial charge on any atom is -0.481 e. The molecule has 3 aromatic rings. The second kappa shape index (κ2) is 7.82. The SMILES string of the molecule is COc1ccc(NC(=O)c2csc(Cc3c(Cl)cccc3Cl)n2)cn1. The van der Waals surface area contributed by atoms with E-state index in [9.17, 15) is 4.79 Å². The molecule has 0 aliphatic rings. The summed E-state index contributed by atoms with van der Waals surface area (Å²) >= 11 is 13.7. The van der Waals surface area contributed by atoms with Crippen LogP contribution in [0.2, 0.25) is 10.0 Å². The van der Waals surface area contributed by atoms with Gasteiger partial charge in [-0.15, -0.1) is 11.3 Å². The number of pyridine rings is 1. The quantitative estimate of drug-likeness (QED) is 0.682. The molecular weight excluding hydrogens is 381 g/mol. The van der Waals surface area contributed by atoms with Crippen LogP contribution in [0.4, 0.5) is 5.69 Å². The molecule has 0 aliphatic heterocycles. The number of carbonyl (C=O) groups excluding carboxylic acids is 1. The van der Waals surface area contributed by atoms with Crippen molar-refractivity contribution in [3.8, 4) is 5.88 Å². The third kappa shape index (κ3) is 4.28. The number of rotatable bonds is 5. The third-order valence-corrected chi connectivity index (χ3v) is 4.93. The number of benzene rings is 1. The van der Waals surface area contributed by atoms with Crippen LogP contribution in [0, 0.1) is 0 Å². The number of halogens is 2. The highest BCUT2D eigenvalue weighted by Crippen LogP contribution is 2.28. The molecule has 0 bridgehead atoms. The fraction of sp³-hybridized carbons (Fsp3) is 0.118. The molecule has 0 spiro atoms.